The number of hydrogen-bond acceptors (Lipinski definition) is 8. The van der Waals surface area contributed by atoms with Crippen LogP contribution >= 0.6 is 23.2 Å². The molecule has 1 aromatic carbocycles. The van der Waals surface area contributed by atoms with Gasteiger partial charge in [0.15, 0.2) is 0 Å². The van der Waals surface area contributed by atoms with Crippen molar-refractivity contribution in [3.63, 3.8) is 0 Å². The first kappa shape index (κ1) is 22.3. The number of aromatic nitrogens is 3. The molecule has 2 aromatic heterocycles. The van der Waals surface area contributed by atoms with Crippen molar-refractivity contribution in [2.24, 2.45) is 16.9 Å². The third-order valence-electron chi connectivity index (χ3n) is 6.94. The van der Waals surface area contributed by atoms with E-state index in [9.17, 15) is 5.11 Å². The SMILES string of the molecule is Nc1nc(N2CCC3(CC2)Cc2ncccc2[C@H]3N)nc(C(N)O)c1-c1cccc(Cl)c1Cl. The Morgan fingerprint density at radius 3 is 2.58 bits per heavy atom. The summed E-state index contributed by atoms with van der Waals surface area (Å²) in [6.45, 7) is 1.41. The fourth-order valence-electron chi connectivity index (χ4n) is 5.11. The largest absolute Gasteiger partial charge is 0.383 e. The van der Waals surface area contributed by atoms with Gasteiger partial charge in [0, 0.05) is 36.6 Å². The Kier molecular flexibility index (Phi) is 5.66. The molecule has 10 heteroatoms. The molecular weight excluding hydrogens is 461 g/mol. The third kappa shape index (κ3) is 3.72. The standard InChI is InChI=1S/C23H25Cl2N7O/c24-14-5-1-3-13(17(14)25)16-18(21(28)33)30-22(31-20(16)27)32-9-6-23(7-10-32)11-15-12(19(23)26)4-2-8-29-15/h1-5,8,19,21,33H,6-7,9-11,26,28H2,(H2,27,30,31)/t19-,21?/m1/s1. The number of pyridine rings is 1. The molecule has 3 aromatic rings. The van der Waals surface area contributed by atoms with E-state index in [1.165, 1.54) is 0 Å². The first-order valence-electron chi connectivity index (χ1n) is 10.8. The monoisotopic (exact) mass is 485 g/mol. The molecule has 172 valence electrons. The summed E-state index contributed by atoms with van der Waals surface area (Å²) in [5.74, 6) is 0.601. The summed E-state index contributed by atoms with van der Waals surface area (Å²) in [4.78, 5) is 15.7. The molecule has 1 fully saturated rings. The minimum Gasteiger partial charge on any atom is -0.383 e. The lowest BCUT2D eigenvalue weighted by Crippen LogP contribution is -2.45. The van der Waals surface area contributed by atoms with E-state index in [2.05, 4.69) is 25.9 Å². The summed E-state index contributed by atoms with van der Waals surface area (Å²) in [7, 11) is 0. The smallest absolute Gasteiger partial charge is 0.227 e. The number of aliphatic hydroxyl groups is 1. The van der Waals surface area contributed by atoms with Crippen LogP contribution in [0, 0.1) is 5.41 Å². The van der Waals surface area contributed by atoms with Gasteiger partial charge in [-0.05, 0) is 42.4 Å². The van der Waals surface area contributed by atoms with Crippen LogP contribution in [0.1, 0.15) is 42.1 Å². The molecule has 1 saturated heterocycles. The van der Waals surface area contributed by atoms with Crippen LogP contribution in [0.15, 0.2) is 36.5 Å². The Bertz CT molecular complexity index is 1210. The number of nitrogens with zero attached hydrogens (tertiary/aromatic N) is 4. The maximum Gasteiger partial charge on any atom is 0.227 e. The van der Waals surface area contributed by atoms with Crippen LogP contribution in [-0.4, -0.2) is 33.1 Å². The first-order valence-corrected chi connectivity index (χ1v) is 11.6. The average molecular weight is 486 g/mol. The second-order valence-corrected chi connectivity index (χ2v) is 9.54. The number of hydrogen-bond donors (Lipinski definition) is 4. The lowest BCUT2D eigenvalue weighted by atomic mass is 9.73. The van der Waals surface area contributed by atoms with Gasteiger partial charge in [0.25, 0.3) is 0 Å². The number of nitrogen functional groups attached to an aromatic ring is 1. The lowest BCUT2D eigenvalue weighted by Gasteiger charge is -2.42. The van der Waals surface area contributed by atoms with Crippen molar-refractivity contribution in [2.75, 3.05) is 23.7 Å². The molecule has 0 saturated carbocycles. The van der Waals surface area contributed by atoms with Crippen molar-refractivity contribution < 1.29 is 5.11 Å². The van der Waals surface area contributed by atoms with Crippen molar-refractivity contribution in [3.05, 3.63) is 63.5 Å². The van der Waals surface area contributed by atoms with E-state index < -0.39 is 6.23 Å². The molecule has 1 aliphatic carbocycles. The van der Waals surface area contributed by atoms with Crippen LogP contribution in [0.2, 0.25) is 10.0 Å². The predicted octanol–water partition coefficient (Wildman–Crippen LogP) is 3.22. The van der Waals surface area contributed by atoms with E-state index in [-0.39, 0.29) is 23.0 Å². The Morgan fingerprint density at radius 2 is 1.88 bits per heavy atom. The topological polar surface area (TPSA) is 140 Å². The molecular formula is C23H25Cl2N7O. The highest BCUT2D eigenvalue weighted by Gasteiger charge is 2.46. The molecule has 33 heavy (non-hydrogen) atoms. The number of nitrogens with two attached hydrogens (primary N) is 3. The average Bonchev–Trinajstić information content (AvgIpc) is 3.07. The second kappa shape index (κ2) is 8.38. The van der Waals surface area contributed by atoms with Gasteiger partial charge in [-0.2, -0.15) is 4.98 Å². The Morgan fingerprint density at radius 1 is 1.12 bits per heavy atom. The molecule has 1 aliphatic heterocycles. The van der Waals surface area contributed by atoms with Crippen LogP contribution in [0.3, 0.4) is 0 Å². The van der Waals surface area contributed by atoms with Gasteiger partial charge in [0.2, 0.25) is 5.95 Å². The first-order chi connectivity index (χ1) is 15.8. The summed E-state index contributed by atoms with van der Waals surface area (Å²) in [6, 6.07) is 9.13. The van der Waals surface area contributed by atoms with Gasteiger partial charge in [-0.1, -0.05) is 41.4 Å². The van der Waals surface area contributed by atoms with E-state index in [0.29, 0.717) is 40.2 Å². The van der Waals surface area contributed by atoms with Crippen LogP contribution in [0.25, 0.3) is 11.1 Å². The normalized spacial score (nSPS) is 20.2. The molecule has 0 amide bonds. The molecule has 3 heterocycles. The Labute approximate surface area is 201 Å². The summed E-state index contributed by atoms with van der Waals surface area (Å²) in [6.07, 6.45) is 3.08. The number of rotatable bonds is 3. The van der Waals surface area contributed by atoms with Gasteiger partial charge in [0.05, 0.1) is 21.3 Å². The third-order valence-corrected chi connectivity index (χ3v) is 7.75. The quantitative estimate of drug-likeness (QED) is 0.414. The van der Waals surface area contributed by atoms with Crippen molar-refractivity contribution in [3.8, 4) is 11.1 Å². The van der Waals surface area contributed by atoms with Gasteiger partial charge in [-0.3, -0.25) is 4.98 Å². The number of piperidine rings is 1. The van der Waals surface area contributed by atoms with E-state index in [0.717, 1.165) is 30.5 Å². The molecule has 2 aliphatic rings. The van der Waals surface area contributed by atoms with Gasteiger partial charge < -0.3 is 27.2 Å². The highest BCUT2D eigenvalue weighted by molar-refractivity contribution is 6.43. The highest BCUT2D eigenvalue weighted by Crippen LogP contribution is 2.50. The predicted molar refractivity (Wildman–Crippen MR) is 130 cm³/mol. The molecule has 0 radical (unpaired) electrons. The second-order valence-electron chi connectivity index (χ2n) is 8.76. The van der Waals surface area contributed by atoms with E-state index in [1.54, 1.807) is 18.2 Å². The zero-order valence-corrected chi connectivity index (χ0v) is 19.4. The van der Waals surface area contributed by atoms with Crippen LogP contribution < -0.4 is 22.1 Å². The van der Waals surface area contributed by atoms with Gasteiger partial charge in [0.1, 0.15) is 12.0 Å². The number of aliphatic hydroxyl groups excluding tert-OH is 1. The van der Waals surface area contributed by atoms with Crippen LogP contribution in [0.4, 0.5) is 11.8 Å². The Hall–Kier alpha value is -2.49. The van der Waals surface area contributed by atoms with Gasteiger partial charge in [-0.25, -0.2) is 4.98 Å². The zero-order valence-electron chi connectivity index (χ0n) is 17.9. The van der Waals surface area contributed by atoms with E-state index in [1.807, 2.05) is 12.3 Å². The van der Waals surface area contributed by atoms with Crippen LogP contribution in [0.5, 0.6) is 0 Å². The number of benzene rings is 1. The van der Waals surface area contributed by atoms with Crippen molar-refractivity contribution in [1.29, 1.82) is 0 Å². The molecule has 0 bridgehead atoms. The number of halogens is 2. The zero-order chi connectivity index (χ0) is 23.3. The fraction of sp³-hybridized carbons (Fsp3) is 0.348. The summed E-state index contributed by atoms with van der Waals surface area (Å²) < 4.78 is 0. The Balaban J connectivity index is 1.44. The minimum absolute atomic E-state index is 0.0246. The molecule has 1 spiro atoms. The molecule has 8 nitrogen and oxygen atoms in total. The molecule has 7 N–H and O–H groups in total. The minimum atomic E-state index is -1.36. The molecule has 2 atom stereocenters. The number of fused-ring (bicyclic) bond motifs is 1. The molecule has 5 rings (SSSR count). The van der Waals surface area contributed by atoms with Crippen molar-refractivity contribution >= 4 is 35.0 Å². The summed E-state index contributed by atoms with van der Waals surface area (Å²) in [5, 5.41) is 10.9. The van der Waals surface area contributed by atoms with Gasteiger partial charge in [-0.15, -0.1) is 0 Å². The lowest BCUT2D eigenvalue weighted by molar-refractivity contribution is 0.180. The summed E-state index contributed by atoms with van der Waals surface area (Å²) in [5.41, 5.74) is 22.2. The molecule has 1 unspecified atom stereocenters. The van der Waals surface area contributed by atoms with E-state index >= 15 is 0 Å². The number of anilines is 2. The van der Waals surface area contributed by atoms with Crippen molar-refractivity contribution in [2.45, 2.75) is 31.5 Å². The maximum absolute atomic E-state index is 10.3. The maximum atomic E-state index is 10.3. The fourth-order valence-corrected chi connectivity index (χ4v) is 5.50. The van der Waals surface area contributed by atoms with E-state index in [4.69, 9.17) is 40.4 Å². The van der Waals surface area contributed by atoms with Crippen LogP contribution in [-0.2, 0) is 6.42 Å². The highest BCUT2D eigenvalue weighted by atomic mass is 35.5. The van der Waals surface area contributed by atoms with Crippen molar-refractivity contribution in [1.82, 2.24) is 15.0 Å². The van der Waals surface area contributed by atoms with Gasteiger partial charge >= 0.3 is 0 Å². The summed E-state index contributed by atoms with van der Waals surface area (Å²) >= 11 is 12.6.